The molecule has 30 heavy (non-hydrogen) atoms. The van der Waals surface area contributed by atoms with Gasteiger partial charge < -0.3 is 5.11 Å². The van der Waals surface area contributed by atoms with Gasteiger partial charge in [-0.3, -0.25) is 14.9 Å². The Morgan fingerprint density at radius 3 is 2.57 bits per heavy atom. The largest absolute Gasteiger partial charge is 0.480 e. The molecule has 2 aromatic rings. The van der Waals surface area contributed by atoms with Crippen LogP contribution in [0, 0.1) is 0 Å². The second kappa shape index (κ2) is 9.80. The smallest absolute Gasteiger partial charge is 0.321 e. The van der Waals surface area contributed by atoms with Gasteiger partial charge in [-0.2, -0.15) is 24.5 Å². The number of carbonyl (C=O) groups excluding carboxylic acids is 1. The Kier molecular flexibility index (Phi) is 7.37. The van der Waals surface area contributed by atoms with Crippen molar-refractivity contribution in [2.75, 3.05) is 5.75 Å². The topological polar surface area (TPSA) is 116 Å². The third-order valence-electron chi connectivity index (χ3n) is 4.36. The molecule has 2 atom stereocenters. The molecule has 1 amide bonds. The molecule has 1 fully saturated rings. The van der Waals surface area contributed by atoms with Crippen LogP contribution in [0.4, 0.5) is 0 Å². The van der Waals surface area contributed by atoms with Gasteiger partial charge in [0, 0.05) is 23.1 Å². The fourth-order valence-corrected chi connectivity index (χ4v) is 5.38. The highest BCUT2D eigenvalue weighted by atomic mass is 35.5. The Bertz CT molecular complexity index is 1020. The summed E-state index contributed by atoms with van der Waals surface area (Å²) in [6.07, 6.45) is -1.34. The quantitative estimate of drug-likeness (QED) is 0.513. The molecule has 0 unspecified atom stereocenters. The number of carboxylic acids is 1. The Labute approximate surface area is 183 Å². The minimum atomic E-state index is -4.10. The van der Waals surface area contributed by atoms with Crippen molar-refractivity contribution in [3.05, 3.63) is 70.7 Å². The molecule has 2 aromatic carbocycles. The zero-order valence-electron chi connectivity index (χ0n) is 15.7. The van der Waals surface area contributed by atoms with Crippen molar-refractivity contribution in [1.29, 1.82) is 0 Å². The molecule has 3 N–H and O–H groups in total. The van der Waals surface area contributed by atoms with Crippen molar-refractivity contribution >= 4 is 45.4 Å². The number of carbonyl (C=O) groups is 2. The molecule has 8 nitrogen and oxygen atoms in total. The first-order valence-corrected chi connectivity index (χ1v) is 11.9. The number of halogens is 1. The molecule has 1 heterocycles. The maximum Gasteiger partial charge on any atom is 0.321 e. The fourth-order valence-electron chi connectivity index (χ4n) is 2.91. The molecular formula is C19H20ClN3O5S2. The number of nitrogens with one attached hydrogen (secondary N) is 2. The lowest BCUT2D eigenvalue weighted by Gasteiger charge is -2.24. The maximum atomic E-state index is 12.4. The molecule has 1 aliphatic rings. The second-order valence-electron chi connectivity index (χ2n) is 6.61. The highest BCUT2D eigenvalue weighted by Gasteiger charge is 2.45. The number of benzene rings is 2. The Morgan fingerprint density at radius 1 is 1.20 bits per heavy atom. The van der Waals surface area contributed by atoms with E-state index in [0.717, 1.165) is 9.87 Å². The number of aliphatic carboxylic acids is 1. The third kappa shape index (κ3) is 5.73. The molecule has 1 saturated heterocycles. The van der Waals surface area contributed by atoms with E-state index < -0.39 is 34.3 Å². The van der Waals surface area contributed by atoms with Crippen molar-refractivity contribution < 1.29 is 23.1 Å². The van der Waals surface area contributed by atoms with E-state index in [0.29, 0.717) is 16.3 Å². The van der Waals surface area contributed by atoms with Gasteiger partial charge in [0.15, 0.2) is 6.17 Å². The van der Waals surface area contributed by atoms with Crippen molar-refractivity contribution in [3.63, 3.8) is 0 Å². The normalized spacial score (nSPS) is 19.4. The summed E-state index contributed by atoms with van der Waals surface area (Å²) in [7, 11) is -4.10. The monoisotopic (exact) mass is 469 g/mol. The number of hydrogen-bond donors (Lipinski definition) is 3. The molecule has 11 heteroatoms. The molecule has 0 radical (unpaired) electrons. The van der Waals surface area contributed by atoms with E-state index in [1.807, 2.05) is 35.1 Å². The SMILES string of the molecule is O=C(O)[C@H](CSCc1ccccc1)N[C@H]1C(=O)NS(=O)(=O)N1Cc1cccc(Cl)c1. The lowest BCUT2D eigenvalue weighted by Crippen LogP contribution is -2.53. The predicted molar refractivity (Wildman–Crippen MR) is 115 cm³/mol. The van der Waals surface area contributed by atoms with Crippen LogP contribution in [0.15, 0.2) is 54.6 Å². The number of hydrogen-bond acceptors (Lipinski definition) is 6. The van der Waals surface area contributed by atoms with Gasteiger partial charge in [0.2, 0.25) is 0 Å². The van der Waals surface area contributed by atoms with Crippen LogP contribution in [-0.2, 0) is 32.1 Å². The third-order valence-corrected chi connectivity index (χ3v) is 7.11. The molecule has 0 bridgehead atoms. The summed E-state index contributed by atoms with van der Waals surface area (Å²) in [5.41, 5.74) is 1.61. The molecular weight excluding hydrogens is 450 g/mol. The van der Waals surface area contributed by atoms with Crippen molar-refractivity contribution in [1.82, 2.24) is 14.3 Å². The lowest BCUT2D eigenvalue weighted by molar-refractivity contribution is -0.139. The van der Waals surface area contributed by atoms with Crippen LogP contribution >= 0.6 is 23.4 Å². The van der Waals surface area contributed by atoms with E-state index in [1.54, 1.807) is 24.3 Å². The zero-order chi connectivity index (χ0) is 21.7. The molecule has 0 spiro atoms. The van der Waals surface area contributed by atoms with Gasteiger partial charge in [-0.15, -0.1) is 0 Å². The van der Waals surface area contributed by atoms with E-state index >= 15 is 0 Å². The molecule has 0 aliphatic carbocycles. The minimum Gasteiger partial charge on any atom is -0.480 e. The Morgan fingerprint density at radius 2 is 1.90 bits per heavy atom. The Balaban J connectivity index is 1.71. The summed E-state index contributed by atoms with van der Waals surface area (Å²) in [5.74, 6) is -1.25. The molecule has 3 rings (SSSR count). The number of thioether (sulfide) groups is 1. The lowest BCUT2D eigenvalue weighted by atomic mass is 10.2. The van der Waals surface area contributed by atoms with Gasteiger partial charge in [0.25, 0.3) is 5.91 Å². The van der Waals surface area contributed by atoms with Gasteiger partial charge in [-0.1, -0.05) is 54.1 Å². The van der Waals surface area contributed by atoms with E-state index in [2.05, 4.69) is 5.32 Å². The van der Waals surface area contributed by atoms with Crippen LogP contribution in [0.3, 0.4) is 0 Å². The Hall–Kier alpha value is -2.11. The summed E-state index contributed by atoms with van der Waals surface area (Å²) in [4.78, 5) is 24.0. The fraction of sp³-hybridized carbons (Fsp3) is 0.263. The number of carboxylic acid groups (broad SMARTS) is 1. The van der Waals surface area contributed by atoms with Crippen molar-refractivity contribution in [3.8, 4) is 0 Å². The second-order valence-corrected chi connectivity index (χ2v) is 9.70. The average molecular weight is 470 g/mol. The van der Waals surface area contributed by atoms with Crippen LogP contribution in [0.5, 0.6) is 0 Å². The predicted octanol–water partition coefficient (Wildman–Crippen LogP) is 1.82. The first kappa shape index (κ1) is 22.6. The summed E-state index contributed by atoms with van der Waals surface area (Å²) >= 11 is 7.33. The zero-order valence-corrected chi connectivity index (χ0v) is 18.1. The first-order chi connectivity index (χ1) is 14.3. The summed E-state index contributed by atoms with van der Waals surface area (Å²) < 4.78 is 27.6. The van der Waals surface area contributed by atoms with E-state index in [9.17, 15) is 23.1 Å². The number of rotatable bonds is 9. The van der Waals surface area contributed by atoms with E-state index in [1.165, 1.54) is 11.8 Å². The summed E-state index contributed by atoms with van der Waals surface area (Å²) in [5, 5.41) is 12.7. The highest BCUT2D eigenvalue weighted by Crippen LogP contribution is 2.20. The molecule has 160 valence electrons. The summed E-state index contributed by atoms with van der Waals surface area (Å²) in [6, 6.07) is 15.0. The van der Waals surface area contributed by atoms with Gasteiger partial charge in [-0.05, 0) is 23.3 Å². The summed E-state index contributed by atoms with van der Waals surface area (Å²) in [6.45, 7) is -0.136. The van der Waals surface area contributed by atoms with Crippen molar-refractivity contribution in [2.45, 2.75) is 24.5 Å². The van der Waals surface area contributed by atoms with Gasteiger partial charge in [0.1, 0.15) is 6.04 Å². The van der Waals surface area contributed by atoms with Crippen LogP contribution in [-0.4, -0.2) is 47.7 Å². The number of amides is 1. The number of nitrogens with zero attached hydrogens (tertiary/aromatic N) is 1. The van der Waals surface area contributed by atoms with Crippen LogP contribution < -0.4 is 10.0 Å². The van der Waals surface area contributed by atoms with Crippen LogP contribution in [0.1, 0.15) is 11.1 Å². The first-order valence-electron chi connectivity index (χ1n) is 8.94. The maximum absolute atomic E-state index is 12.4. The molecule has 0 aromatic heterocycles. The minimum absolute atomic E-state index is 0.136. The van der Waals surface area contributed by atoms with Gasteiger partial charge >= 0.3 is 16.2 Å². The highest BCUT2D eigenvalue weighted by molar-refractivity contribution is 7.98. The average Bonchev–Trinajstić information content (AvgIpc) is 2.90. The van der Waals surface area contributed by atoms with E-state index in [-0.39, 0.29) is 12.3 Å². The van der Waals surface area contributed by atoms with Crippen LogP contribution in [0.2, 0.25) is 5.02 Å². The van der Waals surface area contributed by atoms with Gasteiger partial charge in [-0.25, -0.2) is 4.72 Å². The van der Waals surface area contributed by atoms with Crippen molar-refractivity contribution in [2.24, 2.45) is 0 Å². The molecule has 1 aliphatic heterocycles. The standard InChI is InChI=1S/C19H20ClN3O5S2/c20-15-8-4-7-14(9-15)10-23-17(18(24)22-30(23,27)28)21-16(19(25)26)12-29-11-13-5-2-1-3-6-13/h1-9,16-17,21H,10-12H2,(H,22,24)(H,25,26)/t16-,17+/m0/s1. The van der Waals surface area contributed by atoms with Gasteiger partial charge in [0.05, 0.1) is 0 Å². The van der Waals surface area contributed by atoms with E-state index in [4.69, 9.17) is 11.6 Å². The molecule has 0 saturated carbocycles. The van der Waals surface area contributed by atoms with Crippen LogP contribution in [0.25, 0.3) is 0 Å².